The molecule has 7 nitrogen and oxygen atoms in total. The molecule has 1 N–H and O–H groups in total. The van der Waals surface area contributed by atoms with E-state index in [1.54, 1.807) is 0 Å². The maximum atomic E-state index is 13.8. The van der Waals surface area contributed by atoms with E-state index in [1.165, 1.54) is 0 Å². The number of amides is 1. The summed E-state index contributed by atoms with van der Waals surface area (Å²) in [6.07, 6.45) is 1.64. The van der Waals surface area contributed by atoms with Crippen LogP contribution in [0.25, 0.3) is 0 Å². The number of likely N-dealkylation sites (tertiary alicyclic amines) is 1. The maximum absolute atomic E-state index is 13.8. The number of halogens is 1. The van der Waals surface area contributed by atoms with Gasteiger partial charge < -0.3 is 10.0 Å². The number of nitro groups is 1. The lowest BCUT2D eigenvalue weighted by atomic mass is 10.0. The summed E-state index contributed by atoms with van der Waals surface area (Å²) in [6.45, 7) is 0.228. The van der Waals surface area contributed by atoms with Gasteiger partial charge in [-0.05, 0) is 25.3 Å². The van der Waals surface area contributed by atoms with Crippen LogP contribution in [0.4, 0.5) is 10.1 Å². The molecule has 8 heteroatoms. The Hall–Kier alpha value is -2.51. The van der Waals surface area contributed by atoms with Crippen LogP contribution >= 0.6 is 0 Å². The largest absolute Gasteiger partial charge is 0.480 e. The van der Waals surface area contributed by atoms with E-state index in [0.29, 0.717) is 25.3 Å². The van der Waals surface area contributed by atoms with Gasteiger partial charge in [0.05, 0.1) is 16.6 Å². The summed E-state index contributed by atoms with van der Waals surface area (Å²) in [6, 6.07) is 1.72. The SMILES string of the molecule is O=C(O)[C@H]1CCCCN1C(=O)c1ccc([N+](=O)[O-])cc1F. The number of aliphatic carboxylic acids is 1. The average molecular weight is 296 g/mol. The second kappa shape index (κ2) is 5.86. The molecule has 0 aromatic heterocycles. The highest BCUT2D eigenvalue weighted by Gasteiger charge is 2.33. The van der Waals surface area contributed by atoms with Crippen molar-refractivity contribution in [1.29, 1.82) is 0 Å². The number of carboxylic acids is 1. The van der Waals surface area contributed by atoms with E-state index in [0.717, 1.165) is 17.0 Å². The van der Waals surface area contributed by atoms with Crippen LogP contribution in [-0.2, 0) is 4.79 Å². The molecule has 21 heavy (non-hydrogen) atoms. The van der Waals surface area contributed by atoms with Gasteiger partial charge in [0.1, 0.15) is 11.9 Å². The van der Waals surface area contributed by atoms with E-state index < -0.39 is 34.3 Å². The highest BCUT2D eigenvalue weighted by atomic mass is 19.1. The van der Waals surface area contributed by atoms with E-state index in [1.807, 2.05) is 0 Å². The van der Waals surface area contributed by atoms with Crippen molar-refractivity contribution in [3.63, 3.8) is 0 Å². The van der Waals surface area contributed by atoms with Gasteiger partial charge in [-0.1, -0.05) is 0 Å². The zero-order chi connectivity index (χ0) is 15.6. The number of hydrogen-bond donors (Lipinski definition) is 1. The Balaban J connectivity index is 2.30. The molecular weight excluding hydrogens is 283 g/mol. The molecule has 1 heterocycles. The monoisotopic (exact) mass is 296 g/mol. The van der Waals surface area contributed by atoms with Gasteiger partial charge in [-0.2, -0.15) is 0 Å². The molecule has 2 rings (SSSR count). The Labute approximate surface area is 119 Å². The molecule has 1 fully saturated rings. The molecule has 0 saturated carbocycles. The topological polar surface area (TPSA) is 101 Å². The van der Waals surface area contributed by atoms with Crippen LogP contribution < -0.4 is 0 Å². The Bertz CT molecular complexity index is 604. The normalized spacial score (nSPS) is 18.3. The number of piperidine rings is 1. The number of benzene rings is 1. The summed E-state index contributed by atoms with van der Waals surface area (Å²) in [5.41, 5.74) is -0.814. The second-order valence-corrected chi connectivity index (χ2v) is 4.77. The molecule has 1 aliphatic heterocycles. The third-order valence-electron chi connectivity index (χ3n) is 3.44. The Morgan fingerprint density at radius 3 is 2.67 bits per heavy atom. The van der Waals surface area contributed by atoms with Gasteiger partial charge >= 0.3 is 5.97 Å². The quantitative estimate of drug-likeness (QED) is 0.677. The minimum absolute atomic E-state index is 0.228. The molecule has 1 saturated heterocycles. The minimum Gasteiger partial charge on any atom is -0.480 e. The van der Waals surface area contributed by atoms with Crippen LogP contribution in [0.3, 0.4) is 0 Å². The summed E-state index contributed by atoms with van der Waals surface area (Å²) < 4.78 is 13.8. The Morgan fingerprint density at radius 2 is 2.10 bits per heavy atom. The highest BCUT2D eigenvalue weighted by molar-refractivity contribution is 5.97. The summed E-state index contributed by atoms with van der Waals surface area (Å²) in [4.78, 5) is 34.3. The Morgan fingerprint density at radius 1 is 1.38 bits per heavy atom. The van der Waals surface area contributed by atoms with Crippen molar-refractivity contribution >= 4 is 17.6 Å². The molecule has 0 radical (unpaired) electrons. The summed E-state index contributed by atoms with van der Waals surface area (Å²) in [7, 11) is 0. The standard InChI is InChI=1S/C13H13FN2O5/c14-10-7-8(16(20)21)4-5-9(10)12(17)15-6-2-1-3-11(15)13(18)19/h4-5,7,11H,1-3,6H2,(H,18,19)/t11-/m1/s1. The molecular formula is C13H13FN2O5. The molecule has 0 unspecified atom stereocenters. The van der Waals surface area contributed by atoms with E-state index in [9.17, 15) is 24.1 Å². The number of non-ortho nitro benzene ring substituents is 1. The number of carboxylic acid groups (broad SMARTS) is 1. The number of carbonyl (C=O) groups is 2. The lowest BCUT2D eigenvalue weighted by Crippen LogP contribution is -2.48. The first-order valence-corrected chi connectivity index (χ1v) is 6.39. The van der Waals surface area contributed by atoms with Crippen LogP contribution in [0.2, 0.25) is 0 Å². The number of nitro benzene ring substituents is 1. The predicted molar refractivity (Wildman–Crippen MR) is 69.4 cm³/mol. The zero-order valence-corrected chi connectivity index (χ0v) is 11.0. The summed E-state index contributed by atoms with van der Waals surface area (Å²) in [5.74, 6) is -2.91. The Kier molecular flexibility index (Phi) is 4.15. The van der Waals surface area contributed by atoms with Gasteiger partial charge in [0.15, 0.2) is 0 Å². The van der Waals surface area contributed by atoms with Crippen molar-refractivity contribution in [2.45, 2.75) is 25.3 Å². The molecule has 0 bridgehead atoms. The first kappa shape index (κ1) is 14.9. The third kappa shape index (κ3) is 2.99. The number of hydrogen-bond acceptors (Lipinski definition) is 4. The second-order valence-electron chi connectivity index (χ2n) is 4.77. The lowest BCUT2D eigenvalue weighted by Gasteiger charge is -2.33. The molecule has 1 amide bonds. The number of carbonyl (C=O) groups excluding carboxylic acids is 1. The highest BCUT2D eigenvalue weighted by Crippen LogP contribution is 2.23. The first-order chi connectivity index (χ1) is 9.91. The van der Waals surface area contributed by atoms with Crippen LogP contribution in [0.15, 0.2) is 18.2 Å². The number of nitrogens with zero attached hydrogens (tertiary/aromatic N) is 2. The van der Waals surface area contributed by atoms with Crippen LogP contribution in [-0.4, -0.2) is 39.4 Å². The maximum Gasteiger partial charge on any atom is 0.326 e. The van der Waals surface area contributed by atoms with E-state index in [-0.39, 0.29) is 12.1 Å². The van der Waals surface area contributed by atoms with Crippen molar-refractivity contribution < 1.29 is 24.0 Å². The predicted octanol–water partition coefficient (Wildman–Crippen LogP) is 1.81. The van der Waals surface area contributed by atoms with Crippen LogP contribution in [0, 0.1) is 15.9 Å². The van der Waals surface area contributed by atoms with Gasteiger partial charge in [-0.25, -0.2) is 9.18 Å². The average Bonchev–Trinajstić information content (AvgIpc) is 2.46. The van der Waals surface area contributed by atoms with Crippen molar-refractivity contribution in [3.05, 3.63) is 39.7 Å². The molecule has 1 atom stereocenters. The molecule has 1 aliphatic rings. The smallest absolute Gasteiger partial charge is 0.326 e. The van der Waals surface area contributed by atoms with Gasteiger partial charge in [0, 0.05) is 12.6 Å². The van der Waals surface area contributed by atoms with Crippen molar-refractivity contribution in [2.75, 3.05) is 6.54 Å². The van der Waals surface area contributed by atoms with Crippen LogP contribution in [0.5, 0.6) is 0 Å². The van der Waals surface area contributed by atoms with Crippen molar-refractivity contribution in [2.24, 2.45) is 0 Å². The van der Waals surface area contributed by atoms with E-state index >= 15 is 0 Å². The van der Waals surface area contributed by atoms with Crippen molar-refractivity contribution in [3.8, 4) is 0 Å². The van der Waals surface area contributed by atoms with Crippen molar-refractivity contribution in [1.82, 2.24) is 4.90 Å². The van der Waals surface area contributed by atoms with Crippen LogP contribution in [0.1, 0.15) is 29.6 Å². The first-order valence-electron chi connectivity index (χ1n) is 6.39. The van der Waals surface area contributed by atoms with Gasteiger partial charge in [0.25, 0.3) is 11.6 Å². The summed E-state index contributed by atoms with van der Waals surface area (Å²) in [5, 5.41) is 19.7. The van der Waals surface area contributed by atoms with E-state index in [4.69, 9.17) is 5.11 Å². The third-order valence-corrected chi connectivity index (χ3v) is 3.44. The van der Waals surface area contributed by atoms with Gasteiger partial charge in [-0.3, -0.25) is 14.9 Å². The fourth-order valence-electron chi connectivity index (χ4n) is 2.38. The summed E-state index contributed by atoms with van der Waals surface area (Å²) >= 11 is 0. The zero-order valence-electron chi connectivity index (χ0n) is 11.0. The fourth-order valence-corrected chi connectivity index (χ4v) is 2.38. The lowest BCUT2D eigenvalue weighted by molar-refractivity contribution is -0.385. The minimum atomic E-state index is -1.13. The molecule has 1 aromatic carbocycles. The fraction of sp³-hybridized carbons (Fsp3) is 0.385. The molecule has 0 aliphatic carbocycles. The number of rotatable bonds is 3. The molecule has 112 valence electrons. The van der Waals surface area contributed by atoms with E-state index in [2.05, 4.69) is 0 Å². The molecule has 1 aromatic rings. The van der Waals surface area contributed by atoms with Gasteiger partial charge in [0.2, 0.25) is 0 Å². The molecule has 0 spiro atoms. The van der Waals surface area contributed by atoms with Gasteiger partial charge in [-0.15, -0.1) is 0 Å².